The van der Waals surface area contributed by atoms with Gasteiger partial charge in [-0.15, -0.1) is 0 Å². The zero-order valence-electron chi connectivity index (χ0n) is 17.3. The third-order valence-corrected chi connectivity index (χ3v) is 6.45. The molecule has 4 rings (SSSR count). The molecule has 9 heteroatoms. The molecular weight excluding hydrogens is 406 g/mol. The third kappa shape index (κ3) is 4.82. The van der Waals surface area contributed by atoms with E-state index in [1.54, 1.807) is 6.92 Å². The monoisotopic (exact) mass is 433 g/mol. The fourth-order valence-electron chi connectivity index (χ4n) is 4.73. The fraction of sp³-hybridized carbons (Fsp3) is 0.619. The summed E-state index contributed by atoms with van der Waals surface area (Å²) in [6.45, 7) is 3.84. The summed E-state index contributed by atoms with van der Waals surface area (Å²) in [6, 6.07) is 4.38. The molecule has 0 aromatic carbocycles. The Labute approximate surface area is 181 Å². The molecule has 1 aliphatic heterocycles. The molecule has 1 N–H and O–H groups in total. The first-order valence-electron chi connectivity index (χ1n) is 10.6. The smallest absolute Gasteiger partial charge is 0.383 e. The normalized spacial score (nSPS) is 20.0. The van der Waals surface area contributed by atoms with E-state index in [2.05, 4.69) is 22.0 Å². The molecule has 0 unspecified atom stereocenters. The fourth-order valence-corrected chi connectivity index (χ4v) is 4.93. The maximum absolute atomic E-state index is 10.9. The van der Waals surface area contributed by atoms with Crippen molar-refractivity contribution in [3.05, 3.63) is 50.7 Å². The lowest BCUT2D eigenvalue weighted by Gasteiger charge is -2.35. The molecule has 0 radical (unpaired) electrons. The second-order valence-electron chi connectivity index (χ2n) is 8.89. The van der Waals surface area contributed by atoms with Crippen molar-refractivity contribution in [2.24, 2.45) is 0 Å². The van der Waals surface area contributed by atoms with Gasteiger partial charge in [0.05, 0.1) is 12.1 Å². The number of rotatable bonds is 6. The van der Waals surface area contributed by atoms with Crippen LogP contribution in [0.3, 0.4) is 0 Å². The molecule has 1 atom stereocenters. The summed E-state index contributed by atoms with van der Waals surface area (Å²) in [6.07, 6.45) is 8.56. The Morgan fingerprint density at radius 3 is 2.73 bits per heavy atom. The average Bonchev–Trinajstić information content (AvgIpc) is 3.08. The van der Waals surface area contributed by atoms with Gasteiger partial charge in [-0.2, -0.15) is 0 Å². The van der Waals surface area contributed by atoms with E-state index >= 15 is 0 Å². The largest absolute Gasteiger partial charge is 0.387 e. The molecule has 30 heavy (non-hydrogen) atoms. The predicted molar refractivity (Wildman–Crippen MR) is 114 cm³/mol. The highest BCUT2D eigenvalue weighted by atomic mass is 35.5. The topological polar surface area (TPSA) is 97.3 Å². The maximum Gasteiger partial charge on any atom is 0.383 e. The maximum atomic E-state index is 10.9. The molecule has 3 heterocycles. The number of fused-ring (bicyclic) bond motifs is 1. The summed E-state index contributed by atoms with van der Waals surface area (Å²) in [5, 5.41) is 21.8. The molecule has 2 aromatic rings. The van der Waals surface area contributed by atoms with Gasteiger partial charge < -0.3 is 15.2 Å². The number of pyridine rings is 1. The van der Waals surface area contributed by atoms with Crippen molar-refractivity contribution in [1.82, 2.24) is 19.4 Å². The Balaban J connectivity index is 1.40. The van der Waals surface area contributed by atoms with Crippen LogP contribution in [0.4, 0.5) is 5.82 Å². The SMILES string of the molecule is C[C@](O)(CN1CCc2nc(C3CCCCC3)ccc2C1)Cn1cc([N+](=O)[O-])nc1Cl. The standard InChI is InChI=1S/C21H28ClN5O3/c1-21(28,14-26-12-19(27(29)30)24-20(26)22)13-25-10-9-18-16(11-25)7-8-17(23-18)15-5-3-2-4-6-15/h7-8,12,15,28H,2-6,9-11,13-14H2,1H3/t21-/m0/s1. The molecule has 2 aliphatic rings. The Kier molecular flexibility index (Phi) is 6.09. The van der Waals surface area contributed by atoms with Gasteiger partial charge in [0.25, 0.3) is 0 Å². The average molecular weight is 434 g/mol. The number of hydrogen-bond donors (Lipinski definition) is 1. The zero-order valence-corrected chi connectivity index (χ0v) is 18.0. The Bertz CT molecular complexity index is 923. The van der Waals surface area contributed by atoms with Crippen LogP contribution < -0.4 is 0 Å². The van der Waals surface area contributed by atoms with E-state index in [1.165, 1.54) is 59.8 Å². The van der Waals surface area contributed by atoms with E-state index in [0.29, 0.717) is 12.5 Å². The number of imidazole rings is 1. The van der Waals surface area contributed by atoms with Gasteiger partial charge >= 0.3 is 11.1 Å². The van der Waals surface area contributed by atoms with Crippen LogP contribution in [0.15, 0.2) is 18.3 Å². The number of aromatic nitrogens is 3. The zero-order chi connectivity index (χ0) is 21.3. The van der Waals surface area contributed by atoms with E-state index in [0.717, 1.165) is 19.5 Å². The highest BCUT2D eigenvalue weighted by molar-refractivity contribution is 6.28. The van der Waals surface area contributed by atoms with Crippen LogP contribution in [0.1, 0.15) is 61.9 Å². The van der Waals surface area contributed by atoms with Crippen molar-refractivity contribution < 1.29 is 10.0 Å². The van der Waals surface area contributed by atoms with Gasteiger partial charge in [0.15, 0.2) is 0 Å². The van der Waals surface area contributed by atoms with Gasteiger partial charge in [0.1, 0.15) is 6.20 Å². The molecule has 0 amide bonds. The summed E-state index contributed by atoms with van der Waals surface area (Å²) >= 11 is 6.00. The van der Waals surface area contributed by atoms with Crippen LogP contribution >= 0.6 is 11.6 Å². The van der Waals surface area contributed by atoms with E-state index in [1.807, 2.05) is 0 Å². The summed E-state index contributed by atoms with van der Waals surface area (Å²) in [4.78, 5) is 21.2. The molecule has 1 saturated carbocycles. The highest BCUT2D eigenvalue weighted by Crippen LogP contribution is 2.32. The van der Waals surface area contributed by atoms with Crippen LogP contribution in [0.5, 0.6) is 0 Å². The Hall–Kier alpha value is -2.03. The van der Waals surface area contributed by atoms with Gasteiger partial charge in [-0.3, -0.25) is 14.5 Å². The van der Waals surface area contributed by atoms with Crippen molar-refractivity contribution in [3.63, 3.8) is 0 Å². The minimum absolute atomic E-state index is 0.00501. The van der Waals surface area contributed by atoms with Crippen molar-refractivity contribution in [2.45, 2.75) is 70.1 Å². The number of aliphatic hydroxyl groups is 1. The molecular formula is C21H28ClN5O3. The summed E-state index contributed by atoms with van der Waals surface area (Å²) < 4.78 is 1.43. The number of halogens is 1. The molecule has 0 saturated heterocycles. The molecule has 162 valence electrons. The molecule has 0 bridgehead atoms. The first-order chi connectivity index (χ1) is 14.3. The summed E-state index contributed by atoms with van der Waals surface area (Å²) in [5.74, 6) is 0.286. The number of nitro groups is 1. The number of nitrogens with zero attached hydrogens (tertiary/aromatic N) is 5. The lowest BCUT2D eigenvalue weighted by molar-refractivity contribution is -0.389. The van der Waals surface area contributed by atoms with E-state index in [-0.39, 0.29) is 17.6 Å². The van der Waals surface area contributed by atoms with Crippen molar-refractivity contribution >= 4 is 17.4 Å². The predicted octanol–water partition coefficient (Wildman–Crippen LogP) is 3.70. The van der Waals surface area contributed by atoms with Crippen molar-refractivity contribution in [3.8, 4) is 0 Å². The van der Waals surface area contributed by atoms with Gasteiger partial charge in [0.2, 0.25) is 0 Å². The minimum Gasteiger partial charge on any atom is -0.387 e. The first kappa shape index (κ1) is 21.2. The highest BCUT2D eigenvalue weighted by Gasteiger charge is 2.30. The van der Waals surface area contributed by atoms with Crippen molar-refractivity contribution in [2.75, 3.05) is 13.1 Å². The Morgan fingerprint density at radius 1 is 1.27 bits per heavy atom. The van der Waals surface area contributed by atoms with Crippen LogP contribution in [0, 0.1) is 10.1 Å². The van der Waals surface area contributed by atoms with Gasteiger partial charge in [-0.25, -0.2) is 0 Å². The first-order valence-corrected chi connectivity index (χ1v) is 11.0. The quantitative estimate of drug-likeness (QED) is 0.551. The number of hydrogen-bond acceptors (Lipinski definition) is 6. The Morgan fingerprint density at radius 2 is 2.03 bits per heavy atom. The molecule has 0 spiro atoms. The summed E-state index contributed by atoms with van der Waals surface area (Å²) in [5.41, 5.74) is 2.53. The van der Waals surface area contributed by atoms with Gasteiger partial charge in [-0.05, 0) is 52.9 Å². The molecule has 1 fully saturated rings. The van der Waals surface area contributed by atoms with Gasteiger partial charge in [0, 0.05) is 43.4 Å². The van der Waals surface area contributed by atoms with E-state index in [9.17, 15) is 15.2 Å². The molecule has 8 nitrogen and oxygen atoms in total. The lowest BCUT2D eigenvalue weighted by Crippen LogP contribution is -2.45. The van der Waals surface area contributed by atoms with Gasteiger partial charge in [-0.1, -0.05) is 25.3 Å². The van der Waals surface area contributed by atoms with Crippen molar-refractivity contribution in [1.29, 1.82) is 0 Å². The van der Waals surface area contributed by atoms with Crippen LogP contribution in [-0.4, -0.2) is 48.2 Å². The summed E-state index contributed by atoms with van der Waals surface area (Å²) in [7, 11) is 0. The number of β-amino-alcohol motifs (C(OH)–C–C–N with tert-alkyl or cyclic N) is 1. The van der Waals surface area contributed by atoms with Crippen LogP contribution in [0.2, 0.25) is 5.28 Å². The van der Waals surface area contributed by atoms with E-state index < -0.39 is 10.5 Å². The second-order valence-corrected chi connectivity index (χ2v) is 9.23. The van der Waals surface area contributed by atoms with Crippen LogP contribution in [-0.2, 0) is 19.5 Å². The second kappa shape index (κ2) is 8.61. The van der Waals surface area contributed by atoms with Crippen LogP contribution in [0.25, 0.3) is 0 Å². The third-order valence-electron chi connectivity index (χ3n) is 6.15. The van der Waals surface area contributed by atoms with E-state index in [4.69, 9.17) is 16.6 Å². The molecule has 1 aliphatic carbocycles. The lowest BCUT2D eigenvalue weighted by atomic mass is 9.86. The minimum atomic E-state index is -1.11. The molecule has 2 aromatic heterocycles.